The first-order valence-electron chi connectivity index (χ1n) is 9.21. The molecule has 26 heavy (non-hydrogen) atoms. The van der Waals surface area contributed by atoms with Crippen LogP contribution in [-0.4, -0.2) is 36.0 Å². The lowest BCUT2D eigenvalue weighted by Crippen LogP contribution is -2.70. The van der Waals surface area contributed by atoms with Gasteiger partial charge in [-0.2, -0.15) is 0 Å². The molecule has 1 aliphatic heterocycles. The van der Waals surface area contributed by atoms with Gasteiger partial charge in [0.1, 0.15) is 0 Å². The molecule has 1 heterocycles. The summed E-state index contributed by atoms with van der Waals surface area (Å²) in [5, 5.41) is 6.02. The number of rotatable bonds is 2. The summed E-state index contributed by atoms with van der Waals surface area (Å²) in [4.78, 5) is 8.84. The Bertz CT molecular complexity index is 673. The van der Waals surface area contributed by atoms with Crippen LogP contribution in [0.1, 0.15) is 51.4 Å². The Morgan fingerprint density at radius 1 is 0.962 bits per heavy atom. The van der Waals surface area contributed by atoms with E-state index in [1.165, 1.54) is 6.34 Å². The van der Waals surface area contributed by atoms with Crippen LogP contribution in [0.15, 0.2) is 9.98 Å². The number of nitrogens with one attached hydrogen (secondary N) is 2. The average molecular weight is 373 g/mol. The Kier molecular flexibility index (Phi) is 3.04. The summed E-state index contributed by atoms with van der Waals surface area (Å²) >= 11 is 0. The minimum atomic E-state index is -2.53. The van der Waals surface area contributed by atoms with E-state index in [1.54, 1.807) is 0 Å². The van der Waals surface area contributed by atoms with Gasteiger partial charge in [0.25, 0.3) is 0 Å². The Morgan fingerprint density at radius 2 is 1.50 bits per heavy atom. The molecule has 0 radical (unpaired) electrons. The van der Waals surface area contributed by atoms with Gasteiger partial charge in [-0.15, -0.1) is 0 Å². The number of nitrogens with zero attached hydrogens (tertiary/aromatic N) is 2. The van der Waals surface area contributed by atoms with E-state index in [9.17, 15) is 17.6 Å². The van der Waals surface area contributed by atoms with Crippen molar-refractivity contribution in [3.63, 3.8) is 0 Å². The van der Waals surface area contributed by atoms with Gasteiger partial charge in [-0.05, 0) is 36.5 Å². The fourth-order valence-electron chi connectivity index (χ4n) is 5.91. The molecule has 4 saturated carbocycles. The number of guanidine groups is 1. The summed E-state index contributed by atoms with van der Waals surface area (Å²) in [5.41, 5.74) is 5.87. The van der Waals surface area contributed by atoms with E-state index in [1.807, 2.05) is 0 Å². The average Bonchev–Trinajstić information content (AvgIpc) is 2.37. The van der Waals surface area contributed by atoms with Crippen LogP contribution in [0.5, 0.6) is 0 Å². The van der Waals surface area contributed by atoms with Gasteiger partial charge in [-0.1, -0.05) is 0 Å². The van der Waals surface area contributed by atoms with Crippen molar-refractivity contribution in [3.05, 3.63) is 0 Å². The lowest BCUT2D eigenvalue weighted by atomic mass is 9.49. The molecule has 9 heteroatoms. The SMILES string of the molecule is NC1(C2CC3(C2)CC(F)(F)C3)N=CNC(=NC2CC3(C2)CC(F)(F)C3)N1. The molecule has 144 valence electrons. The van der Waals surface area contributed by atoms with E-state index in [0.717, 1.165) is 0 Å². The summed E-state index contributed by atoms with van der Waals surface area (Å²) in [7, 11) is 0. The van der Waals surface area contributed by atoms with Crippen molar-refractivity contribution >= 4 is 12.3 Å². The lowest BCUT2D eigenvalue weighted by Gasteiger charge is -2.60. The van der Waals surface area contributed by atoms with E-state index in [4.69, 9.17) is 5.73 Å². The number of alkyl halides is 4. The van der Waals surface area contributed by atoms with Crippen molar-refractivity contribution in [2.75, 3.05) is 0 Å². The van der Waals surface area contributed by atoms with Crippen LogP contribution in [0, 0.1) is 16.7 Å². The molecule has 0 aromatic carbocycles. The lowest BCUT2D eigenvalue weighted by molar-refractivity contribution is -0.215. The molecule has 1 atom stereocenters. The van der Waals surface area contributed by atoms with Crippen molar-refractivity contribution in [3.8, 4) is 0 Å². The maximum Gasteiger partial charge on any atom is 0.249 e. The topological polar surface area (TPSA) is 74.8 Å². The van der Waals surface area contributed by atoms with Gasteiger partial charge in [-0.3, -0.25) is 5.73 Å². The van der Waals surface area contributed by atoms with Crippen molar-refractivity contribution in [2.24, 2.45) is 32.5 Å². The Balaban J connectivity index is 1.17. The number of aliphatic imine (C=N–C) groups is 2. The second kappa shape index (κ2) is 4.72. The quantitative estimate of drug-likeness (QED) is 0.652. The van der Waals surface area contributed by atoms with Gasteiger partial charge in [0.15, 0.2) is 11.7 Å². The summed E-state index contributed by atoms with van der Waals surface area (Å²) < 4.78 is 52.5. The van der Waals surface area contributed by atoms with Gasteiger partial charge in [-0.25, -0.2) is 27.5 Å². The molecular formula is C17H23F4N5. The van der Waals surface area contributed by atoms with Crippen LogP contribution < -0.4 is 16.4 Å². The van der Waals surface area contributed by atoms with Crippen LogP contribution in [-0.2, 0) is 0 Å². The molecule has 4 N–H and O–H groups in total. The Labute approximate surface area is 148 Å². The third-order valence-electron chi connectivity index (χ3n) is 6.96. The summed E-state index contributed by atoms with van der Waals surface area (Å²) in [6, 6.07) is 0.00917. The third kappa shape index (κ3) is 2.53. The third-order valence-corrected chi connectivity index (χ3v) is 6.96. The number of halogens is 4. The van der Waals surface area contributed by atoms with Crippen molar-refractivity contribution in [1.29, 1.82) is 0 Å². The molecule has 0 aromatic heterocycles. The Morgan fingerprint density at radius 3 is 2.04 bits per heavy atom. The van der Waals surface area contributed by atoms with E-state index >= 15 is 0 Å². The molecule has 1 unspecified atom stereocenters. The summed E-state index contributed by atoms with van der Waals surface area (Å²) in [5.74, 6) is -5.58. The van der Waals surface area contributed by atoms with Crippen LogP contribution in [0.25, 0.3) is 0 Å². The first-order chi connectivity index (χ1) is 12.0. The largest absolute Gasteiger partial charge is 0.319 e. The van der Waals surface area contributed by atoms with Crippen LogP contribution in [0.2, 0.25) is 0 Å². The molecule has 0 aromatic rings. The predicted molar refractivity (Wildman–Crippen MR) is 88.1 cm³/mol. The molecular weight excluding hydrogens is 350 g/mol. The van der Waals surface area contributed by atoms with Gasteiger partial charge in [0.2, 0.25) is 11.8 Å². The molecule has 5 aliphatic rings. The monoisotopic (exact) mass is 373 g/mol. The van der Waals surface area contributed by atoms with Crippen LogP contribution >= 0.6 is 0 Å². The zero-order valence-corrected chi connectivity index (χ0v) is 14.4. The smallest absolute Gasteiger partial charge is 0.249 e. The molecule has 0 amide bonds. The second-order valence-electron chi connectivity index (χ2n) is 9.42. The molecule has 4 aliphatic carbocycles. The minimum absolute atomic E-state index is 0.00917. The number of hydrogen-bond donors (Lipinski definition) is 3. The van der Waals surface area contributed by atoms with Crippen molar-refractivity contribution < 1.29 is 17.6 Å². The van der Waals surface area contributed by atoms with Gasteiger partial charge in [0, 0.05) is 31.6 Å². The molecule has 4 fully saturated rings. The standard InChI is InChI=1S/C17H23F4N5/c18-15(19)5-13(6-15)1-10(2-13)17(22)24-9-23-12(26-17)25-11-3-14(4-11)7-16(20,21)8-14/h9-11H,1-8,22H2,(H2,23,24,25,26). The maximum atomic E-state index is 13.2. The van der Waals surface area contributed by atoms with Crippen molar-refractivity contribution in [1.82, 2.24) is 10.6 Å². The fourth-order valence-corrected chi connectivity index (χ4v) is 5.91. The molecule has 5 nitrogen and oxygen atoms in total. The highest BCUT2D eigenvalue weighted by Crippen LogP contribution is 2.66. The van der Waals surface area contributed by atoms with E-state index in [2.05, 4.69) is 20.6 Å². The predicted octanol–water partition coefficient (Wildman–Crippen LogP) is 2.58. The molecule has 0 saturated heterocycles. The summed E-state index contributed by atoms with van der Waals surface area (Å²) in [6.45, 7) is 0. The van der Waals surface area contributed by atoms with Gasteiger partial charge in [0.05, 0.1) is 12.4 Å². The first kappa shape index (κ1) is 16.8. The number of nitrogens with two attached hydrogens (primary N) is 1. The first-order valence-corrected chi connectivity index (χ1v) is 9.21. The fraction of sp³-hybridized carbons (Fsp3) is 0.882. The van der Waals surface area contributed by atoms with E-state index in [-0.39, 0.29) is 48.5 Å². The highest BCUT2D eigenvalue weighted by Gasteiger charge is 2.65. The highest BCUT2D eigenvalue weighted by atomic mass is 19.3. The summed E-state index contributed by atoms with van der Waals surface area (Å²) in [6.07, 6.45) is 3.95. The van der Waals surface area contributed by atoms with E-state index in [0.29, 0.717) is 31.6 Å². The molecule has 0 bridgehead atoms. The number of hydrogen-bond acceptors (Lipinski definition) is 3. The van der Waals surface area contributed by atoms with Gasteiger partial charge >= 0.3 is 0 Å². The minimum Gasteiger partial charge on any atom is -0.319 e. The van der Waals surface area contributed by atoms with Crippen LogP contribution in [0.3, 0.4) is 0 Å². The van der Waals surface area contributed by atoms with Crippen LogP contribution in [0.4, 0.5) is 17.6 Å². The normalized spacial score (nSPS) is 40.1. The second-order valence-corrected chi connectivity index (χ2v) is 9.42. The highest BCUT2D eigenvalue weighted by molar-refractivity contribution is 5.92. The zero-order chi connectivity index (χ0) is 18.4. The Hall–Kier alpha value is -1.38. The van der Waals surface area contributed by atoms with E-state index < -0.39 is 17.6 Å². The van der Waals surface area contributed by atoms with Gasteiger partial charge < -0.3 is 10.6 Å². The maximum absolute atomic E-state index is 13.2. The molecule has 5 rings (SSSR count). The zero-order valence-electron chi connectivity index (χ0n) is 14.4. The molecule has 2 spiro atoms. The van der Waals surface area contributed by atoms with Crippen molar-refractivity contribution in [2.45, 2.75) is 75.0 Å².